The highest BCUT2D eigenvalue weighted by Crippen LogP contribution is 2.36. The lowest BCUT2D eigenvalue weighted by molar-refractivity contribution is 0.144. The van der Waals surface area contributed by atoms with Crippen molar-refractivity contribution >= 4 is 8.32 Å². The van der Waals surface area contributed by atoms with Gasteiger partial charge in [-0.2, -0.15) is 0 Å². The maximum Gasteiger partial charge on any atom is 0.191 e. The molecule has 26 heavy (non-hydrogen) atoms. The maximum absolute atomic E-state index is 10.1. The molecular weight excluding hydrogens is 336 g/mol. The van der Waals surface area contributed by atoms with Gasteiger partial charge in [0.05, 0.1) is 6.10 Å². The van der Waals surface area contributed by atoms with Crippen LogP contribution in [0.15, 0.2) is 0 Å². The summed E-state index contributed by atoms with van der Waals surface area (Å²) in [4.78, 5) is 0. The van der Waals surface area contributed by atoms with Gasteiger partial charge in [-0.25, -0.2) is 0 Å². The molecule has 0 rings (SSSR count). The lowest BCUT2D eigenvalue weighted by Gasteiger charge is -2.36. The van der Waals surface area contributed by atoms with Gasteiger partial charge in [-0.15, -0.1) is 0 Å². The van der Waals surface area contributed by atoms with E-state index in [0.717, 1.165) is 32.3 Å². The van der Waals surface area contributed by atoms with Gasteiger partial charge in [0.15, 0.2) is 8.32 Å². The summed E-state index contributed by atoms with van der Waals surface area (Å²) in [5, 5.41) is 10.4. The Bertz CT molecular complexity index is 310. The van der Waals surface area contributed by atoms with Crippen LogP contribution in [0.2, 0.25) is 18.1 Å². The molecule has 0 aromatic carbocycles. The van der Waals surface area contributed by atoms with Gasteiger partial charge in [0.25, 0.3) is 0 Å². The van der Waals surface area contributed by atoms with Crippen LogP contribution in [-0.4, -0.2) is 26.1 Å². The maximum atomic E-state index is 10.1. The van der Waals surface area contributed by atoms with Crippen molar-refractivity contribution in [2.45, 2.75) is 142 Å². The summed E-state index contributed by atoms with van der Waals surface area (Å²) in [6, 6.07) is 0. The number of aliphatic hydroxyl groups excluding tert-OH is 1. The highest BCUT2D eigenvalue weighted by Gasteiger charge is 2.36. The van der Waals surface area contributed by atoms with Gasteiger partial charge in [-0.05, 0) is 43.8 Å². The van der Waals surface area contributed by atoms with Gasteiger partial charge in [0.1, 0.15) is 0 Å². The predicted molar refractivity (Wildman–Crippen MR) is 119 cm³/mol. The molecule has 0 aromatic rings. The molecule has 0 aliphatic rings. The Hall–Kier alpha value is 0.137. The largest absolute Gasteiger partial charge is 0.417 e. The standard InChI is InChI=1S/C23H50O2Si/c1-7-8-9-10-11-12-13-14-15-16-19-22(24)20-17-18-21-25-26(5,6)23(2,3)4/h22,24H,7-21H2,1-6H3/t22-/m1/s1. The Morgan fingerprint density at radius 2 is 1.15 bits per heavy atom. The van der Waals surface area contributed by atoms with E-state index in [1.807, 2.05) is 0 Å². The third-order valence-electron chi connectivity index (χ3n) is 6.09. The number of hydrogen-bond acceptors (Lipinski definition) is 2. The van der Waals surface area contributed by atoms with Crippen molar-refractivity contribution in [2.75, 3.05) is 6.61 Å². The Morgan fingerprint density at radius 1 is 0.731 bits per heavy atom. The van der Waals surface area contributed by atoms with Crippen LogP contribution in [0.3, 0.4) is 0 Å². The normalized spacial score (nSPS) is 14.0. The zero-order valence-corrected chi connectivity index (χ0v) is 20.0. The third-order valence-corrected chi connectivity index (χ3v) is 10.6. The van der Waals surface area contributed by atoms with Crippen molar-refractivity contribution in [1.29, 1.82) is 0 Å². The molecule has 2 nitrogen and oxygen atoms in total. The molecule has 0 aromatic heterocycles. The minimum atomic E-state index is -1.59. The molecule has 0 fully saturated rings. The molecule has 0 saturated carbocycles. The molecule has 0 bridgehead atoms. The number of hydrogen-bond donors (Lipinski definition) is 1. The second-order valence-corrected chi connectivity index (χ2v) is 14.5. The van der Waals surface area contributed by atoms with Crippen molar-refractivity contribution in [3.63, 3.8) is 0 Å². The van der Waals surface area contributed by atoms with Crippen molar-refractivity contribution < 1.29 is 9.53 Å². The molecule has 0 spiro atoms. The average Bonchev–Trinajstić information content (AvgIpc) is 2.55. The van der Waals surface area contributed by atoms with Crippen molar-refractivity contribution in [1.82, 2.24) is 0 Å². The van der Waals surface area contributed by atoms with Crippen LogP contribution >= 0.6 is 0 Å². The molecule has 1 atom stereocenters. The van der Waals surface area contributed by atoms with E-state index in [1.54, 1.807) is 0 Å². The van der Waals surface area contributed by atoms with E-state index in [1.165, 1.54) is 64.2 Å². The van der Waals surface area contributed by atoms with Gasteiger partial charge in [0.2, 0.25) is 0 Å². The Labute approximate surface area is 166 Å². The van der Waals surface area contributed by atoms with Crippen LogP contribution in [-0.2, 0) is 4.43 Å². The molecular formula is C23H50O2Si. The fourth-order valence-corrected chi connectivity index (χ4v) is 4.13. The summed E-state index contributed by atoms with van der Waals surface area (Å²) in [6.07, 6.45) is 17.6. The predicted octanol–water partition coefficient (Wildman–Crippen LogP) is 7.85. The lowest BCUT2D eigenvalue weighted by Crippen LogP contribution is -2.40. The summed E-state index contributed by atoms with van der Waals surface area (Å²) >= 11 is 0. The van der Waals surface area contributed by atoms with E-state index < -0.39 is 8.32 Å². The second-order valence-electron chi connectivity index (χ2n) is 9.73. The van der Waals surface area contributed by atoms with Gasteiger partial charge in [0, 0.05) is 6.61 Å². The van der Waals surface area contributed by atoms with Crippen LogP contribution in [0.4, 0.5) is 0 Å². The second kappa shape index (κ2) is 15.1. The van der Waals surface area contributed by atoms with Gasteiger partial charge in [-0.1, -0.05) is 91.9 Å². The van der Waals surface area contributed by atoms with Crippen LogP contribution < -0.4 is 0 Å². The fourth-order valence-electron chi connectivity index (χ4n) is 3.04. The van der Waals surface area contributed by atoms with Crippen LogP contribution in [0.5, 0.6) is 0 Å². The molecule has 0 saturated heterocycles. The minimum absolute atomic E-state index is 0.100. The minimum Gasteiger partial charge on any atom is -0.417 e. The van der Waals surface area contributed by atoms with Crippen molar-refractivity contribution in [3.8, 4) is 0 Å². The highest BCUT2D eigenvalue weighted by molar-refractivity contribution is 6.74. The highest BCUT2D eigenvalue weighted by atomic mass is 28.4. The van der Waals surface area contributed by atoms with Gasteiger partial charge >= 0.3 is 0 Å². The van der Waals surface area contributed by atoms with Crippen molar-refractivity contribution in [3.05, 3.63) is 0 Å². The lowest BCUT2D eigenvalue weighted by atomic mass is 10.0. The Balaban J connectivity index is 3.41. The first-order valence-corrected chi connectivity index (χ1v) is 14.4. The van der Waals surface area contributed by atoms with E-state index in [0.29, 0.717) is 5.04 Å². The first-order valence-electron chi connectivity index (χ1n) is 11.5. The summed E-state index contributed by atoms with van der Waals surface area (Å²) in [7, 11) is -1.59. The summed E-state index contributed by atoms with van der Waals surface area (Å²) in [5.41, 5.74) is 0. The molecule has 0 heterocycles. The number of aliphatic hydroxyl groups is 1. The molecule has 158 valence electrons. The summed E-state index contributed by atoms with van der Waals surface area (Å²) in [5.74, 6) is 0. The molecule has 1 N–H and O–H groups in total. The van der Waals surface area contributed by atoms with E-state index in [-0.39, 0.29) is 6.10 Å². The smallest absolute Gasteiger partial charge is 0.191 e. The van der Waals surface area contributed by atoms with E-state index >= 15 is 0 Å². The zero-order valence-electron chi connectivity index (χ0n) is 19.0. The van der Waals surface area contributed by atoms with Crippen LogP contribution in [0.25, 0.3) is 0 Å². The summed E-state index contributed by atoms with van der Waals surface area (Å²) < 4.78 is 6.20. The van der Waals surface area contributed by atoms with Crippen molar-refractivity contribution in [2.24, 2.45) is 0 Å². The van der Waals surface area contributed by atoms with Gasteiger partial charge < -0.3 is 9.53 Å². The van der Waals surface area contributed by atoms with E-state index in [4.69, 9.17) is 4.43 Å². The summed E-state index contributed by atoms with van der Waals surface area (Å²) in [6.45, 7) is 14.6. The molecule has 3 heteroatoms. The molecule has 0 unspecified atom stereocenters. The van der Waals surface area contributed by atoms with Crippen LogP contribution in [0, 0.1) is 0 Å². The van der Waals surface area contributed by atoms with E-state index in [2.05, 4.69) is 40.8 Å². The topological polar surface area (TPSA) is 29.5 Å². The first kappa shape index (κ1) is 26.1. The SMILES string of the molecule is CCCCCCCCCCCC[C@@H](O)CCCCO[Si](C)(C)C(C)(C)C. The van der Waals surface area contributed by atoms with Crippen LogP contribution in [0.1, 0.15) is 118 Å². The Morgan fingerprint density at radius 3 is 1.62 bits per heavy atom. The quantitative estimate of drug-likeness (QED) is 0.204. The molecule has 0 aliphatic carbocycles. The zero-order chi connectivity index (χ0) is 19.9. The molecule has 0 amide bonds. The number of unbranched alkanes of at least 4 members (excludes halogenated alkanes) is 10. The number of rotatable bonds is 17. The Kier molecular flexibility index (Phi) is 15.2. The third kappa shape index (κ3) is 14.2. The fraction of sp³-hybridized carbons (Fsp3) is 1.00. The first-order chi connectivity index (χ1) is 12.2. The van der Waals surface area contributed by atoms with E-state index in [9.17, 15) is 5.11 Å². The monoisotopic (exact) mass is 386 g/mol. The molecule has 0 radical (unpaired) electrons. The molecule has 0 aliphatic heterocycles. The average molecular weight is 387 g/mol. The van der Waals surface area contributed by atoms with Gasteiger partial charge in [-0.3, -0.25) is 0 Å².